The van der Waals surface area contributed by atoms with Crippen molar-refractivity contribution < 1.29 is 9.53 Å². The number of carbonyl (C=O) groups excluding carboxylic acids is 1. The Morgan fingerprint density at radius 3 is 2.67 bits per heavy atom. The Bertz CT molecular complexity index is 576. The Hall–Kier alpha value is -1.39. The molecule has 0 aromatic heterocycles. The molecule has 3 aliphatic heterocycles. The van der Waals surface area contributed by atoms with Gasteiger partial charge in [0, 0.05) is 32.2 Å². The summed E-state index contributed by atoms with van der Waals surface area (Å²) in [5.41, 5.74) is 1.35. The average molecular weight is 328 g/mol. The van der Waals surface area contributed by atoms with Crippen LogP contribution in [-0.4, -0.2) is 53.6 Å². The maximum absolute atomic E-state index is 12.9. The predicted molar refractivity (Wildman–Crippen MR) is 93.5 cm³/mol. The van der Waals surface area contributed by atoms with Crippen molar-refractivity contribution in [1.82, 2.24) is 9.80 Å². The molecule has 0 spiro atoms. The highest BCUT2D eigenvalue weighted by Crippen LogP contribution is 2.39. The lowest BCUT2D eigenvalue weighted by Gasteiger charge is -2.27. The van der Waals surface area contributed by atoms with Crippen LogP contribution in [0.15, 0.2) is 30.3 Å². The largest absolute Gasteiger partial charge is 0.374 e. The van der Waals surface area contributed by atoms with Crippen LogP contribution in [-0.2, 0) is 16.1 Å². The molecule has 1 amide bonds. The first kappa shape index (κ1) is 16.1. The van der Waals surface area contributed by atoms with Gasteiger partial charge in [-0.05, 0) is 38.2 Å². The van der Waals surface area contributed by atoms with Gasteiger partial charge in [-0.25, -0.2) is 0 Å². The first-order valence-corrected chi connectivity index (χ1v) is 9.43. The van der Waals surface area contributed by atoms with Crippen molar-refractivity contribution >= 4 is 5.91 Å². The molecule has 4 atom stereocenters. The van der Waals surface area contributed by atoms with Crippen molar-refractivity contribution in [3.63, 3.8) is 0 Å². The molecule has 0 N–H and O–H groups in total. The molecule has 0 unspecified atom stereocenters. The minimum absolute atomic E-state index is 0.125. The zero-order valence-electron chi connectivity index (χ0n) is 14.6. The summed E-state index contributed by atoms with van der Waals surface area (Å²) in [6.07, 6.45) is 4.78. The highest BCUT2D eigenvalue weighted by atomic mass is 16.5. The number of hydrogen-bond donors (Lipinski definition) is 0. The lowest BCUT2D eigenvalue weighted by Crippen LogP contribution is -2.42. The summed E-state index contributed by atoms with van der Waals surface area (Å²) in [7, 11) is 0. The van der Waals surface area contributed by atoms with Crippen LogP contribution in [0.5, 0.6) is 0 Å². The fourth-order valence-electron chi connectivity index (χ4n) is 4.51. The lowest BCUT2D eigenvalue weighted by atomic mass is 9.88. The molecule has 0 saturated carbocycles. The number of nitrogens with zero attached hydrogens (tertiary/aromatic N) is 2. The van der Waals surface area contributed by atoms with Crippen molar-refractivity contribution in [1.29, 1.82) is 0 Å². The van der Waals surface area contributed by atoms with E-state index in [9.17, 15) is 4.79 Å². The Morgan fingerprint density at radius 2 is 1.96 bits per heavy atom. The molecule has 4 heteroatoms. The van der Waals surface area contributed by atoms with E-state index < -0.39 is 0 Å². The summed E-state index contributed by atoms with van der Waals surface area (Å²) in [5.74, 6) is 0.468. The van der Waals surface area contributed by atoms with Gasteiger partial charge in [0.1, 0.15) is 0 Å². The summed E-state index contributed by atoms with van der Waals surface area (Å²) in [5, 5.41) is 0. The Labute approximate surface area is 144 Å². The average Bonchev–Trinajstić information content (AvgIpc) is 3.19. The second kappa shape index (κ2) is 6.85. The van der Waals surface area contributed by atoms with E-state index in [1.807, 2.05) is 0 Å². The van der Waals surface area contributed by atoms with Crippen molar-refractivity contribution in [3.05, 3.63) is 35.9 Å². The van der Waals surface area contributed by atoms with Gasteiger partial charge in [0.2, 0.25) is 5.91 Å². The van der Waals surface area contributed by atoms with Gasteiger partial charge in [-0.15, -0.1) is 0 Å². The zero-order chi connectivity index (χ0) is 16.5. The van der Waals surface area contributed by atoms with Gasteiger partial charge in [0.15, 0.2) is 0 Å². The highest BCUT2D eigenvalue weighted by Gasteiger charge is 2.45. The summed E-state index contributed by atoms with van der Waals surface area (Å²) in [6.45, 7) is 5.96. The van der Waals surface area contributed by atoms with Gasteiger partial charge in [0.25, 0.3) is 0 Å². The molecule has 3 fully saturated rings. The van der Waals surface area contributed by atoms with Crippen LogP contribution in [0.2, 0.25) is 0 Å². The third kappa shape index (κ3) is 3.22. The number of amides is 1. The molecular weight excluding hydrogens is 300 g/mol. The first-order chi connectivity index (χ1) is 11.7. The van der Waals surface area contributed by atoms with E-state index in [4.69, 9.17) is 4.74 Å². The molecule has 4 rings (SSSR count). The quantitative estimate of drug-likeness (QED) is 0.855. The van der Waals surface area contributed by atoms with Crippen LogP contribution in [0, 0.1) is 5.92 Å². The summed E-state index contributed by atoms with van der Waals surface area (Å²) in [6, 6.07) is 11.2. The molecule has 3 saturated heterocycles. The van der Waals surface area contributed by atoms with E-state index in [2.05, 4.69) is 47.1 Å². The van der Waals surface area contributed by atoms with Gasteiger partial charge in [-0.2, -0.15) is 0 Å². The second-order valence-corrected chi connectivity index (χ2v) is 7.64. The molecule has 1 aromatic rings. The van der Waals surface area contributed by atoms with Crippen LogP contribution < -0.4 is 0 Å². The van der Waals surface area contributed by atoms with Gasteiger partial charge >= 0.3 is 0 Å². The van der Waals surface area contributed by atoms with Crippen molar-refractivity contribution in [2.24, 2.45) is 5.92 Å². The summed E-state index contributed by atoms with van der Waals surface area (Å²) >= 11 is 0. The molecule has 3 aliphatic rings. The summed E-state index contributed by atoms with van der Waals surface area (Å²) < 4.78 is 5.89. The van der Waals surface area contributed by atoms with E-state index in [0.717, 1.165) is 51.9 Å². The SMILES string of the molecule is C[C@@H]1CCN(C(=O)[C@H]2C[C@H]3CC[C@H]2O3)CCN1Cc1ccccc1. The van der Waals surface area contributed by atoms with Gasteiger partial charge in [0.05, 0.1) is 18.1 Å². The standard InChI is InChI=1S/C20H28N2O2/c1-15-9-10-21(20(23)18-13-17-7-8-19(18)24-17)11-12-22(15)14-16-5-3-2-4-6-16/h2-6,15,17-19H,7-14H2,1H3/t15-,17-,18+,19-/m1/s1. The fraction of sp³-hybridized carbons (Fsp3) is 0.650. The highest BCUT2D eigenvalue weighted by molar-refractivity contribution is 5.80. The third-order valence-electron chi connectivity index (χ3n) is 6.06. The summed E-state index contributed by atoms with van der Waals surface area (Å²) in [4.78, 5) is 17.6. The van der Waals surface area contributed by atoms with Crippen LogP contribution in [0.25, 0.3) is 0 Å². The maximum atomic E-state index is 12.9. The molecule has 0 radical (unpaired) electrons. The van der Waals surface area contributed by atoms with Crippen LogP contribution >= 0.6 is 0 Å². The van der Waals surface area contributed by atoms with Gasteiger partial charge in [-0.3, -0.25) is 9.69 Å². The maximum Gasteiger partial charge on any atom is 0.228 e. The Morgan fingerprint density at radius 1 is 1.12 bits per heavy atom. The van der Waals surface area contributed by atoms with Crippen LogP contribution in [0.4, 0.5) is 0 Å². The lowest BCUT2D eigenvalue weighted by molar-refractivity contribution is -0.137. The molecule has 1 aromatic carbocycles. The minimum Gasteiger partial charge on any atom is -0.374 e. The van der Waals surface area contributed by atoms with Crippen molar-refractivity contribution in [2.75, 3.05) is 19.6 Å². The number of fused-ring (bicyclic) bond motifs is 2. The van der Waals surface area contributed by atoms with Gasteiger partial charge < -0.3 is 9.64 Å². The number of hydrogen-bond acceptors (Lipinski definition) is 3. The molecule has 130 valence electrons. The van der Waals surface area contributed by atoms with E-state index >= 15 is 0 Å². The van der Waals surface area contributed by atoms with Crippen LogP contribution in [0.1, 0.15) is 38.2 Å². The van der Waals surface area contributed by atoms with E-state index in [1.165, 1.54) is 5.56 Å². The Kier molecular flexibility index (Phi) is 4.59. The van der Waals surface area contributed by atoms with E-state index in [0.29, 0.717) is 18.1 Å². The fourth-order valence-corrected chi connectivity index (χ4v) is 4.51. The number of rotatable bonds is 3. The smallest absolute Gasteiger partial charge is 0.228 e. The van der Waals surface area contributed by atoms with Crippen molar-refractivity contribution in [2.45, 2.75) is 57.4 Å². The second-order valence-electron chi connectivity index (χ2n) is 7.64. The molecule has 0 aliphatic carbocycles. The monoisotopic (exact) mass is 328 g/mol. The predicted octanol–water partition coefficient (Wildman–Crippen LogP) is 2.68. The zero-order valence-corrected chi connectivity index (χ0v) is 14.6. The molecular formula is C20H28N2O2. The first-order valence-electron chi connectivity index (χ1n) is 9.43. The molecule has 3 heterocycles. The topological polar surface area (TPSA) is 32.8 Å². The van der Waals surface area contributed by atoms with Gasteiger partial charge in [-0.1, -0.05) is 30.3 Å². The van der Waals surface area contributed by atoms with Crippen LogP contribution in [0.3, 0.4) is 0 Å². The van der Waals surface area contributed by atoms with Crippen molar-refractivity contribution in [3.8, 4) is 0 Å². The minimum atomic E-state index is 0.125. The molecule has 24 heavy (non-hydrogen) atoms. The number of ether oxygens (including phenoxy) is 1. The Balaban J connectivity index is 1.37. The number of carbonyl (C=O) groups is 1. The third-order valence-corrected chi connectivity index (χ3v) is 6.06. The van der Waals surface area contributed by atoms with E-state index in [1.54, 1.807) is 0 Å². The number of benzene rings is 1. The molecule has 2 bridgehead atoms. The molecule has 4 nitrogen and oxygen atoms in total. The van der Waals surface area contributed by atoms with E-state index in [-0.39, 0.29) is 12.0 Å². The normalized spacial score (nSPS) is 33.6.